The lowest BCUT2D eigenvalue weighted by molar-refractivity contribution is -0.122. The standard InChI is InChI=1S/C23H23NO4/c1-14-6-9-18(10-7-14)28-23(27)16-4-3-5-17(13-16)24-21(25)19-11-8-15(2)12-20(19)22(24)26/h3-7,9-10,13,15,19-20H,8,11-12H2,1-2H3. The molecule has 5 heteroatoms. The highest BCUT2D eigenvalue weighted by atomic mass is 16.5. The van der Waals surface area contributed by atoms with Gasteiger partial charge >= 0.3 is 5.97 Å². The molecule has 2 aliphatic rings. The minimum absolute atomic E-state index is 0.147. The van der Waals surface area contributed by atoms with Crippen LogP contribution < -0.4 is 9.64 Å². The molecular weight excluding hydrogens is 354 g/mol. The SMILES string of the molecule is Cc1ccc(OC(=O)c2cccc(N3C(=O)C4CCC(C)CC4C3=O)c2)cc1. The highest BCUT2D eigenvalue weighted by molar-refractivity contribution is 6.22. The lowest BCUT2D eigenvalue weighted by Crippen LogP contribution is -2.31. The number of ether oxygens (including phenoxy) is 1. The molecule has 0 radical (unpaired) electrons. The van der Waals surface area contributed by atoms with E-state index < -0.39 is 5.97 Å². The number of hydrogen-bond acceptors (Lipinski definition) is 4. The summed E-state index contributed by atoms with van der Waals surface area (Å²) in [6.07, 6.45) is 2.47. The van der Waals surface area contributed by atoms with Crippen molar-refractivity contribution < 1.29 is 19.1 Å². The molecule has 1 saturated carbocycles. The second-order valence-corrected chi connectivity index (χ2v) is 7.90. The average molecular weight is 377 g/mol. The fraction of sp³-hybridized carbons (Fsp3) is 0.348. The number of fused-ring (bicyclic) bond motifs is 1. The van der Waals surface area contributed by atoms with Crippen molar-refractivity contribution in [2.45, 2.75) is 33.1 Å². The predicted octanol–water partition coefficient (Wildman–Crippen LogP) is 4.14. The summed E-state index contributed by atoms with van der Waals surface area (Å²) in [4.78, 5) is 39.5. The van der Waals surface area contributed by atoms with Crippen molar-refractivity contribution >= 4 is 23.5 Å². The first-order chi connectivity index (χ1) is 13.4. The van der Waals surface area contributed by atoms with Gasteiger partial charge in [0.25, 0.3) is 0 Å². The normalized spacial score (nSPS) is 24.2. The largest absolute Gasteiger partial charge is 0.423 e. The maximum atomic E-state index is 12.9. The molecule has 5 nitrogen and oxygen atoms in total. The number of amides is 2. The lowest BCUT2D eigenvalue weighted by Gasteiger charge is -2.25. The minimum Gasteiger partial charge on any atom is -0.423 e. The molecule has 0 spiro atoms. The molecule has 2 aromatic carbocycles. The van der Waals surface area contributed by atoms with Crippen LogP contribution in [-0.4, -0.2) is 17.8 Å². The topological polar surface area (TPSA) is 63.7 Å². The van der Waals surface area contributed by atoms with Gasteiger partial charge in [0.2, 0.25) is 11.8 Å². The van der Waals surface area contributed by atoms with E-state index in [1.807, 2.05) is 19.1 Å². The molecular formula is C23H23NO4. The number of carbonyl (C=O) groups is 3. The van der Waals surface area contributed by atoms with Gasteiger partial charge in [-0.25, -0.2) is 4.79 Å². The summed E-state index contributed by atoms with van der Waals surface area (Å²) < 4.78 is 5.41. The third-order valence-electron chi connectivity index (χ3n) is 5.76. The van der Waals surface area contributed by atoms with Crippen LogP contribution in [0.3, 0.4) is 0 Å². The molecule has 28 heavy (non-hydrogen) atoms. The van der Waals surface area contributed by atoms with E-state index in [9.17, 15) is 14.4 Å². The number of carbonyl (C=O) groups excluding carboxylic acids is 3. The molecule has 1 aliphatic carbocycles. The van der Waals surface area contributed by atoms with Gasteiger partial charge in [-0.3, -0.25) is 14.5 Å². The van der Waals surface area contributed by atoms with Crippen molar-refractivity contribution in [2.24, 2.45) is 17.8 Å². The number of hydrogen-bond donors (Lipinski definition) is 0. The Morgan fingerprint density at radius 2 is 1.71 bits per heavy atom. The monoisotopic (exact) mass is 377 g/mol. The van der Waals surface area contributed by atoms with Crippen LogP contribution in [0.1, 0.15) is 42.1 Å². The summed E-state index contributed by atoms with van der Waals surface area (Å²) in [7, 11) is 0. The molecule has 2 fully saturated rings. The van der Waals surface area contributed by atoms with Gasteiger partial charge in [0, 0.05) is 0 Å². The Kier molecular flexibility index (Phi) is 4.75. The Labute approximate surface area is 164 Å². The van der Waals surface area contributed by atoms with Crippen LogP contribution in [0.15, 0.2) is 48.5 Å². The van der Waals surface area contributed by atoms with Gasteiger partial charge in [0.1, 0.15) is 5.75 Å². The van der Waals surface area contributed by atoms with Gasteiger partial charge in [-0.15, -0.1) is 0 Å². The minimum atomic E-state index is -0.518. The second kappa shape index (κ2) is 7.23. The first kappa shape index (κ1) is 18.4. The predicted molar refractivity (Wildman–Crippen MR) is 105 cm³/mol. The second-order valence-electron chi connectivity index (χ2n) is 7.90. The molecule has 1 saturated heterocycles. The molecule has 0 aromatic heterocycles. The van der Waals surface area contributed by atoms with E-state index in [-0.39, 0.29) is 23.7 Å². The number of imide groups is 1. The average Bonchev–Trinajstić information content (AvgIpc) is 2.93. The van der Waals surface area contributed by atoms with Crippen molar-refractivity contribution in [3.63, 3.8) is 0 Å². The van der Waals surface area contributed by atoms with Crippen LogP contribution in [0.4, 0.5) is 5.69 Å². The molecule has 1 heterocycles. The highest BCUT2D eigenvalue weighted by Crippen LogP contribution is 2.42. The fourth-order valence-corrected chi connectivity index (χ4v) is 4.19. The molecule has 2 aromatic rings. The number of aryl methyl sites for hydroxylation is 1. The van der Waals surface area contributed by atoms with Gasteiger partial charge in [-0.1, -0.05) is 30.7 Å². The molecule has 0 N–H and O–H groups in total. The number of rotatable bonds is 3. The van der Waals surface area contributed by atoms with Gasteiger partial charge in [0.05, 0.1) is 23.1 Å². The smallest absolute Gasteiger partial charge is 0.343 e. The molecule has 0 bridgehead atoms. The Balaban J connectivity index is 1.56. The summed E-state index contributed by atoms with van der Waals surface area (Å²) in [6.45, 7) is 4.08. The van der Waals surface area contributed by atoms with Gasteiger partial charge < -0.3 is 4.74 Å². The Hall–Kier alpha value is -2.95. The van der Waals surface area contributed by atoms with Crippen molar-refractivity contribution in [3.8, 4) is 5.75 Å². The summed E-state index contributed by atoms with van der Waals surface area (Å²) in [6, 6.07) is 13.7. The fourth-order valence-electron chi connectivity index (χ4n) is 4.19. The van der Waals surface area contributed by atoms with E-state index in [1.54, 1.807) is 36.4 Å². The van der Waals surface area contributed by atoms with E-state index in [1.165, 1.54) is 4.90 Å². The zero-order chi connectivity index (χ0) is 19.8. The summed E-state index contributed by atoms with van der Waals surface area (Å²) in [5.74, 6) is -0.373. The third kappa shape index (κ3) is 3.33. The Bertz CT molecular complexity index is 934. The van der Waals surface area contributed by atoms with Crippen LogP contribution in [0.25, 0.3) is 0 Å². The third-order valence-corrected chi connectivity index (χ3v) is 5.76. The summed E-state index contributed by atoms with van der Waals surface area (Å²) in [5, 5.41) is 0. The lowest BCUT2D eigenvalue weighted by atomic mass is 9.76. The zero-order valence-electron chi connectivity index (χ0n) is 16.1. The van der Waals surface area contributed by atoms with Crippen molar-refractivity contribution in [3.05, 3.63) is 59.7 Å². The van der Waals surface area contributed by atoms with E-state index >= 15 is 0 Å². The summed E-state index contributed by atoms with van der Waals surface area (Å²) in [5.41, 5.74) is 1.82. The molecule has 144 valence electrons. The first-order valence-corrected chi connectivity index (χ1v) is 9.71. The van der Waals surface area contributed by atoms with E-state index in [4.69, 9.17) is 4.74 Å². The number of benzene rings is 2. The number of esters is 1. The van der Waals surface area contributed by atoms with E-state index in [0.29, 0.717) is 22.9 Å². The maximum absolute atomic E-state index is 12.9. The molecule has 3 unspecified atom stereocenters. The van der Waals surface area contributed by atoms with Crippen LogP contribution in [0.5, 0.6) is 5.75 Å². The van der Waals surface area contributed by atoms with Crippen LogP contribution in [0, 0.1) is 24.7 Å². The van der Waals surface area contributed by atoms with Gasteiger partial charge in [-0.05, 0) is 62.4 Å². The molecule has 3 atom stereocenters. The highest BCUT2D eigenvalue weighted by Gasteiger charge is 2.50. The number of nitrogens with zero attached hydrogens (tertiary/aromatic N) is 1. The first-order valence-electron chi connectivity index (χ1n) is 9.71. The van der Waals surface area contributed by atoms with Crippen molar-refractivity contribution in [1.82, 2.24) is 0 Å². The van der Waals surface area contributed by atoms with Crippen LogP contribution in [-0.2, 0) is 9.59 Å². The van der Waals surface area contributed by atoms with Crippen LogP contribution >= 0.6 is 0 Å². The summed E-state index contributed by atoms with van der Waals surface area (Å²) >= 11 is 0. The number of anilines is 1. The zero-order valence-corrected chi connectivity index (χ0v) is 16.1. The Morgan fingerprint density at radius 1 is 1.00 bits per heavy atom. The maximum Gasteiger partial charge on any atom is 0.343 e. The van der Waals surface area contributed by atoms with Gasteiger partial charge in [0.15, 0.2) is 0 Å². The van der Waals surface area contributed by atoms with Gasteiger partial charge in [-0.2, -0.15) is 0 Å². The molecule has 4 rings (SSSR count). The van der Waals surface area contributed by atoms with Crippen molar-refractivity contribution in [2.75, 3.05) is 4.90 Å². The van der Waals surface area contributed by atoms with Crippen molar-refractivity contribution in [1.29, 1.82) is 0 Å². The quantitative estimate of drug-likeness (QED) is 0.458. The Morgan fingerprint density at radius 3 is 2.46 bits per heavy atom. The molecule has 1 aliphatic heterocycles. The van der Waals surface area contributed by atoms with Crippen LogP contribution in [0.2, 0.25) is 0 Å². The van der Waals surface area contributed by atoms with E-state index in [0.717, 1.165) is 24.8 Å². The molecule has 2 amide bonds. The van der Waals surface area contributed by atoms with E-state index in [2.05, 4.69) is 6.92 Å².